The molecule has 1 aromatic heterocycles. The third kappa shape index (κ3) is 2.06. The molecule has 1 atom stereocenters. The van der Waals surface area contributed by atoms with E-state index >= 15 is 0 Å². The SMILES string of the molecule is NCC(C(=O)O)c1cc(Br)cs1. The lowest BCUT2D eigenvalue weighted by atomic mass is 10.1. The van der Waals surface area contributed by atoms with Gasteiger partial charge in [0.05, 0.1) is 0 Å². The smallest absolute Gasteiger partial charge is 0.313 e. The Morgan fingerprint density at radius 2 is 2.50 bits per heavy atom. The number of thiophene rings is 1. The van der Waals surface area contributed by atoms with Crippen molar-refractivity contribution in [2.24, 2.45) is 5.73 Å². The van der Waals surface area contributed by atoms with E-state index in [-0.39, 0.29) is 6.54 Å². The molecule has 0 aliphatic rings. The van der Waals surface area contributed by atoms with Gasteiger partial charge in [-0.1, -0.05) is 0 Å². The Hall–Kier alpha value is -0.390. The van der Waals surface area contributed by atoms with Crippen LogP contribution in [0.4, 0.5) is 0 Å². The highest BCUT2D eigenvalue weighted by Crippen LogP contribution is 2.26. The zero-order valence-corrected chi connectivity index (χ0v) is 8.56. The van der Waals surface area contributed by atoms with E-state index in [0.717, 1.165) is 9.35 Å². The normalized spacial score (nSPS) is 12.8. The molecule has 0 fully saturated rings. The lowest BCUT2D eigenvalue weighted by Gasteiger charge is -2.05. The largest absolute Gasteiger partial charge is 0.481 e. The molecular weight excluding hydrogens is 242 g/mol. The zero-order chi connectivity index (χ0) is 9.14. The van der Waals surface area contributed by atoms with Gasteiger partial charge >= 0.3 is 5.97 Å². The minimum absolute atomic E-state index is 0.141. The summed E-state index contributed by atoms with van der Waals surface area (Å²) < 4.78 is 0.905. The van der Waals surface area contributed by atoms with E-state index in [1.54, 1.807) is 6.07 Å². The molecule has 1 aromatic rings. The molecule has 66 valence electrons. The second-order valence-electron chi connectivity index (χ2n) is 2.29. The van der Waals surface area contributed by atoms with Crippen molar-refractivity contribution >= 4 is 33.2 Å². The van der Waals surface area contributed by atoms with Gasteiger partial charge in [-0.2, -0.15) is 0 Å². The number of hydrogen-bond donors (Lipinski definition) is 2. The van der Waals surface area contributed by atoms with E-state index in [9.17, 15) is 4.79 Å². The Bertz CT molecular complexity index is 287. The van der Waals surface area contributed by atoms with Crippen molar-refractivity contribution in [3.05, 3.63) is 20.8 Å². The highest BCUT2D eigenvalue weighted by Gasteiger charge is 2.19. The van der Waals surface area contributed by atoms with Crippen LogP contribution in [0.5, 0.6) is 0 Å². The van der Waals surface area contributed by atoms with E-state index in [2.05, 4.69) is 15.9 Å². The number of carbonyl (C=O) groups is 1. The summed E-state index contributed by atoms with van der Waals surface area (Å²) in [5, 5.41) is 10.6. The Kier molecular flexibility index (Phi) is 3.25. The van der Waals surface area contributed by atoms with Crippen LogP contribution < -0.4 is 5.73 Å². The predicted molar refractivity (Wildman–Crippen MR) is 51.5 cm³/mol. The van der Waals surface area contributed by atoms with Gasteiger partial charge in [0.1, 0.15) is 5.92 Å². The number of carboxylic acids is 1. The average molecular weight is 250 g/mol. The first-order chi connectivity index (χ1) is 5.65. The summed E-state index contributed by atoms with van der Waals surface area (Å²) in [6.45, 7) is 0.141. The second-order valence-corrected chi connectivity index (χ2v) is 4.15. The van der Waals surface area contributed by atoms with Crippen LogP contribution in [0.1, 0.15) is 10.8 Å². The van der Waals surface area contributed by atoms with Gasteiger partial charge in [-0.05, 0) is 22.0 Å². The molecular formula is C7H8BrNO2S. The molecule has 0 bridgehead atoms. The van der Waals surface area contributed by atoms with Crippen molar-refractivity contribution < 1.29 is 9.90 Å². The maximum atomic E-state index is 10.7. The molecule has 0 radical (unpaired) electrons. The fraction of sp³-hybridized carbons (Fsp3) is 0.286. The first-order valence-electron chi connectivity index (χ1n) is 3.32. The molecule has 5 heteroatoms. The Balaban J connectivity index is 2.87. The molecule has 3 nitrogen and oxygen atoms in total. The molecule has 0 saturated carbocycles. The maximum absolute atomic E-state index is 10.7. The fourth-order valence-electron chi connectivity index (χ4n) is 0.850. The lowest BCUT2D eigenvalue weighted by molar-refractivity contribution is -0.138. The fourth-order valence-corrected chi connectivity index (χ4v) is 2.40. The van der Waals surface area contributed by atoms with Crippen molar-refractivity contribution in [3.63, 3.8) is 0 Å². The number of hydrogen-bond acceptors (Lipinski definition) is 3. The molecule has 0 aliphatic heterocycles. The van der Waals surface area contributed by atoms with E-state index in [1.807, 2.05) is 5.38 Å². The van der Waals surface area contributed by atoms with E-state index in [0.29, 0.717) is 0 Å². The summed E-state index contributed by atoms with van der Waals surface area (Å²) in [5.41, 5.74) is 5.33. The standard InChI is InChI=1S/C7H8BrNO2S/c8-4-1-6(12-3-4)5(2-9)7(10)11/h1,3,5H,2,9H2,(H,10,11). The number of carboxylic acid groups (broad SMARTS) is 1. The van der Waals surface area contributed by atoms with Gasteiger partial charge in [0.15, 0.2) is 0 Å². The van der Waals surface area contributed by atoms with Crippen LogP contribution in [0.3, 0.4) is 0 Å². The molecule has 1 heterocycles. The van der Waals surface area contributed by atoms with Crippen LogP contribution in [0, 0.1) is 0 Å². The van der Waals surface area contributed by atoms with Gasteiger partial charge < -0.3 is 10.8 Å². The van der Waals surface area contributed by atoms with Crippen LogP contribution in [-0.4, -0.2) is 17.6 Å². The first kappa shape index (κ1) is 9.70. The first-order valence-corrected chi connectivity index (χ1v) is 4.99. The summed E-state index contributed by atoms with van der Waals surface area (Å²) in [6, 6.07) is 1.79. The summed E-state index contributed by atoms with van der Waals surface area (Å²) in [7, 11) is 0. The minimum atomic E-state index is -0.869. The second kappa shape index (κ2) is 4.02. The Morgan fingerprint density at radius 1 is 1.83 bits per heavy atom. The van der Waals surface area contributed by atoms with Gasteiger partial charge in [0.25, 0.3) is 0 Å². The highest BCUT2D eigenvalue weighted by atomic mass is 79.9. The van der Waals surface area contributed by atoms with Crippen molar-refractivity contribution in [2.75, 3.05) is 6.54 Å². The van der Waals surface area contributed by atoms with Crippen LogP contribution in [0.2, 0.25) is 0 Å². The molecule has 1 rings (SSSR count). The molecule has 1 unspecified atom stereocenters. The monoisotopic (exact) mass is 249 g/mol. The van der Waals surface area contributed by atoms with E-state index in [4.69, 9.17) is 10.8 Å². The van der Waals surface area contributed by atoms with Crippen molar-refractivity contribution in [1.82, 2.24) is 0 Å². The third-order valence-corrected chi connectivity index (χ3v) is 3.27. The molecule has 0 saturated heterocycles. The Labute approximate surface area is 82.3 Å². The van der Waals surface area contributed by atoms with Crippen LogP contribution in [0.25, 0.3) is 0 Å². The quantitative estimate of drug-likeness (QED) is 0.857. The Morgan fingerprint density at radius 3 is 2.83 bits per heavy atom. The molecule has 3 N–H and O–H groups in total. The summed E-state index contributed by atoms with van der Waals surface area (Å²) >= 11 is 4.66. The van der Waals surface area contributed by atoms with E-state index in [1.165, 1.54) is 11.3 Å². The molecule has 0 aromatic carbocycles. The molecule has 12 heavy (non-hydrogen) atoms. The summed E-state index contributed by atoms with van der Waals surface area (Å²) in [5.74, 6) is -1.44. The van der Waals surface area contributed by atoms with Crippen LogP contribution in [0.15, 0.2) is 15.9 Å². The van der Waals surface area contributed by atoms with Crippen molar-refractivity contribution in [1.29, 1.82) is 0 Å². The highest BCUT2D eigenvalue weighted by molar-refractivity contribution is 9.10. The van der Waals surface area contributed by atoms with Gasteiger partial charge in [-0.25, -0.2) is 0 Å². The molecule has 0 amide bonds. The third-order valence-electron chi connectivity index (χ3n) is 1.46. The number of nitrogens with two attached hydrogens (primary N) is 1. The van der Waals surface area contributed by atoms with Crippen LogP contribution in [-0.2, 0) is 4.79 Å². The summed E-state index contributed by atoms with van der Waals surface area (Å²) in [6.07, 6.45) is 0. The van der Waals surface area contributed by atoms with Gasteiger partial charge in [0, 0.05) is 21.3 Å². The van der Waals surface area contributed by atoms with E-state index < -0.39 is 11.9 Å². The number of rotatable bonds is 3. The van der Waals surface area contributed by atoms with Gasteiger partial charge in [-0.3, -0.25) is 4.79 Å². The van der Waals surface area contributed by atoms with Crippen LogP contribution >= 0.6 is 27.3 Å². The molecule has 0 aliphatic carbocycles. The molecule has 0 spiro atoms. The maximum Gasteiger partial charge on any atom is 0.313 e. The van der Waals surface area contributed by atoms with Gasteiger partial charge in [-0.15, -0.1) is 11.3 Å². The topological polar surface area (TPSA) is 63.3 Å². The van der Waals surface area contributed by atoms with Gasteiger partial charge in [0.2, 0.25) is 0 Å². The number of halogens is 1. The van der Waals surface area contributed by atoms with Crippen molar-refractivity contribution in [2.45, 2.75) is 5.92 Å². The lowest BCUT2D eigenvalue weighted by Crippen LogP contribution is -2.19. The average Bonchev–Trinajstić information content (AvgIpc) is 2.37. The summed E-state index contributed by atoms with van der Waals surface area (Å²) in [4.78, 5) is 11.4. The number of aliphatic carboxylic acids is 1. The predicted octanol–water partition coefficient (Wildman–Crippen LogP) is 1.64. The zero-order valence-electron chi connectivity index (χ0n) is 6.16. The minimum Gasteiger partial charge on any atom is -0.481 e. The van der Waals surface area contributed by atoms with Crippen molar-refractivity contribution in [3.8, 4) is 0 Å².